The highest BCUT2D eigenvalue weighted by atomic mass is 32.2. The molecule has 2 heterocycles. The van der Waals surface area contributed by atoms with Crippen LogP contribution in [0.1, 0.15) is 50.4 Å². The third-order valence-electron chi connectivity index (χ3n) is 7.78. The summed E-state index contributed by atoms with van der Waals surface area (Å²) in [5.74, 6) is 0.826. The first-order valence-corrected chi connectivity index (χ1v) is 17.0. The van der Waals surface area contributed by atoms with Gasteiger partial charge in [0.15, 0.2) is 11.5 Å². The Morgan fingerprint density at radius 1 is 1.09 bits per heavy atom. The fourth-order valence-electron chi connectivity index (χ4n) is 5.21. The normalized spacial score (nSPS) is 21.6. The Balaban J connectivity index is 1.57. The van der Waals surface area contributed by atoms with Crippen molar-refractivity contribution < 1.29 is 42.1 Å². The molecule has 0 bridgehead atoms. The first-order valence-electron chi connectivity index (χ1n) is 15.1. The van der Waals surface area contributed by atoms with E-state index in [-0.39, 0.29) is 55.8 Å². The van der Waals surface area contributed by atoms with Gasteiger partial charge in [-0.1, -0.05) is 6.92 Å². The van der Waals surface area contributed by atoms with Crippen LogP contribution in [0.25, 0.3) is 0 Å². The zero-order valence-corrected chi connectivity index (χ0v) is 27.3. The van der Waals surface area contributed by atoms with E-state index in [0.29, 0.717) is 36.0 Å². The van der Waals surface area contributed by atoms with Crippen LogP contribution in [0.3, 0.4) is 0 Å². The molecule has 4 rings (SSSR count). The van der Waals surface area contributed by atoms with E-state index in [4.69, 9.17) is 18.9 Å². The van der Waals surface area contributed by atoms with Crippen LogP contribution in [0.5, 0.6) is 17.2 Å². The van der Waals surface area contributed by atoms with Crippen molar-refractivity contribution in [2.75, 3.05) is 56.4 Å². The molecule has 14 heteroatoms. The molecule has 0 aromatic heterocycles. The summed E-state index contributed by atoms with van der Waals surface area (Å²) in [6.07, 6.45) is 2.66. The highest BCUT2D eigenvalue weighted by Crippen LogP contribution is 2.34. The Kier molecular flexibility index (Phi) is 11.4. The molecular weight excluding hydrogens is 604 g/mol. The van der Waals surface area contributed by atoms with Crippen molar-refractivity contribution in [3.05, 3.63) is 42.0 Å². The lowest BCUT2D eigenvalue weighted by molar-refractivity contribution is -0.0115. The van der Waals surface area contributed by atoms with E-state index in [9.17, 15) is 23.1 Å². The van der Waals surface area contributed by atoms with E-state index < -0.39 is 28.1 Å². The molecule has 0 saturated carbocycles. The van der Waals surface area contributed by atoms with Crippen LogP contribution < -0.4 is 24.2 Å². The summed E-state index contributed by atoms with van der Waals surface area (Å²) >= 11 is 0. The fraction of sp³-hybridized carbons (Fsp3) is 0.548. The van der Waals surface area contributed by atoms with Crippen LogP contribution in [0.15, 0.2) is 36.4 Å². The van der Waals surface area contributed by atoms with Crippen molar-refractivity contribution in [1.29, 1.82) is 0 Å². The van der Waals surface area contributed by atoms with Gasteiger partial charge in [0.2, 0.25) is 16.8 Å². The number of fused-ring (bicyclic) bond motifs is 2. The Morgan fingerprint density at radius 3 is 2.53 bits per heavy atom. The number of aliphatic hydroxyl groups excluding tert-OH is 1. The molecule has 0 aliphatic carbocycles. The van der Waals surface area contributed by atoms with Crippen molar-refractivity contribution in [2.45, 2.75) is 58.3 Å². The van der Waals surface area contributed by atoms with Gasteiger partial charge < -0.3 is 39.2 Å². The fourth-order valence-corrected chi connectivity index (χ4v) is 5.76. The third kappa shape index (κ3) is 9.38. The maximum Gasteiger partial charge on any atom is 0.321 e. The van der Waals surface area contributed by atoms with Crippen LogP contribution in [0, 0.1) is 5.92 Å². The monoisotopic (exact) mass is 648 g/mol. The summed E-state index contributed by atoms with van der Waals surface area (Å²) in [4.78, 5) is 30.3. The van der Waals surface area contributed by atoms with Gasteiger partial charge in [-0.05, 0) is 63.4 Å². The molecule has 3 amide bonds. The van der Waals surface area contributed by atoms with Gasteiger partial charge in [-0.15, -0.1) is 0 Å². The molecule has 0 unspecified atom stereocenters. The molecule has 0 spiro atoms. The van der Waals surface area contributed by atoms with Crippen molar-refractivity contribution in [1.82, 2.24) is 9.80 Å². The van der Waals surface area contributed by atoms with Gasteiger partial charge in [0, 0.05) is 50.1 Å². The average Bonchev–Trinajstić information content (AvgIpc) is 3.45. The molecule has 2 aliphatic heterocycles. The van der Waals surface area contributed by atoms with Crippen molar-refractivity contribution in [3.8, 4) is 17.2 Å². The van der Waals surface area contributed by atoms with E-state index in [2.05, 4.69) is 10.0 Å². The standard InChI is InChI=1S/C31H44N4O9S/c1-20-16-35(21(2)18-36)30(37)25-14-24(33-45(5,39)40)10-11-26(25)44-22(3)8-6-7-13-41-29(20)17-34(4)31(38)32-23-9-12-27-28(15-23)43-19-42-27/h9-12,14-15,20-22,29,33,36H,6-8,13,16-19H2,1-5H3,(H,32,38)/t20-,21-,22+,29+/m0/s1. The Bertz CT molecular complexity index is 1450. The summed E-state index contributed by atoms with van der Waals surface area (Å²) in [6, 6.07) is 8.87. The van der Waals surface area contributed by atoms with Crippen LogP contribution in [0.4, 0.5) is 16.2 Å². The number of ether oxygens (including phenoxy) is 4. The number of anilines is 2. The Morgan fingerprint density at radius 2 is 1.80 bits per heavy atom. The van der Waals surface area contributed by atoms with E-state index in [1.54, 1.807) is 44.3 Å². The number of benzene rings is 2. The molecule has 0 radical (unpaired) electrons. The lowest BCUT2D eigenvalue weighted by Crippen LogP contribution is -2.48. The maximum atomic E-state index is 14.1. The molecule has 45 heavy (non-hydrogen) atoms. The second-order valence-electron chi connectivity index (χ2n) is 11.8. The first kappa shape index (κ1) is 34.1. The third-order valence-corrected chi connectivity index (χ3v) is 8.39. The second-order valence-corrected chi connectivity index (χ2v) is 13.5. The van der Waals surface area contributed by atoms with Crippen molar-refractivity contribution in [2.24, 2.45) is 5.92 Å². The molecule has 248 valence electrons. The van der Waals surface area contributed by atoms with Gasteiger partial charge in [-0.2, -0.15) is 0 Å². The minimum atomic E-state index is -3.59. The molecule has 2 aromatic carbocycles. The average molecular weight is 649 g/mol. The van der Waals surface area contributed by atoms with Gasteiger partial charge in [-0.3, -0.25) is 9.52 Å². The van der Waals surface area contributed by atoms with Gasteiger partial charge >= 0.3 is 6.03 Å². The molecule has 2 aromatic rings. The largest absolute Gasteiger partial charge is 0.490 e. The predicted octanol–water partition coefficient (Wildman–Crippen LogP) is 3.75. The van der Waals surface area contributed by atoms with E-state index >= 15 is 0 Å². The summed E-state index contributed by atoms with van der Waals surface area (Å²) in [5.41, 5.74) is 0.963. The smallest absolute Gasteiger partial charge is 0.321 e. The van der Waals surface area contributed by atoms with Crippen LogP contribution in [0.2, 0.25) is 0 Å². The van der Waals surface area contributed by atoms with Gasteiger partial charge in [0.1, 0.15) is 5.75 Å². The molecular formula is C31H44N4O9S. The van der Waals surface area contributed by atoms with Crippen molar-refractivity contribution in [3.63, 3.8) is 0 Å². The number of likely N-dealkylation sites (N-methyl/N-ethyl adjacent to an activating group) is 1. The SMILES string of the molecule is C[C@@H]1CCCCO[C@H](CN(C)C(=O)Nc2ccc3c(c2)OCO3)[C@@H](C)CN([C@@H](C)CO)C(=O)c2cc(NS(C)(=O)=O)ccc2O1. The molecule has 2 aliphatic rings. The van der Waals surface area contributed by atoms with Gasteiger partial charge in [0.25, 0.3) is 5.91 Å². The number of amides is 3. The molecule has 4 atom stereocenters. The Labute approximate surface area is 264 Å². The number of hydrogen-bond donors (Lipinski definition) is 3. The van der Waals surface area contributed by atoms with Crippen molar-refractivity contribution >= 4 is 33.3 Å². The molecule has 13 nitrogen and oxygen atoms in total. The van der Waals surface area contributed by atoms with E-state index in [0.717, 1.165) is 19.1 Å². The summed E-state index contributed by atoms with van der Waals surface area (Å²) < 4.78 is 49.5. The summed E-state index contributed by atoms with van der Waals surface area (Å²) in [7, 11) is -1.92. The highest BCUT2D eigenvalue weighted by molar-refractivity contribution is 7.92. The predicted molar refractivity (Wildman–Crippen MR) is 170 cm³/mol. The van der Waals surface area contributed by atoms with E-state index in [1.807, 2.05) is 13.8 Å². The Hall–Kier alpha value is -3.75. The topological polar surface area (TPSA) is 156 Å². The number of urea groups is 1. The number of nitrogens with one attached hydrogen (secondary N) is 2. The molecule has 3 N–H and O–H groups in total. The zero-order valence-electron chi connectivity index (χ0n) is 26.4. The number of rotatable bonds is 7. The number of aliphatic hydroxyl groups is 1. The lowest BCUT2D eigenvalue weighted by atomic mass is 10.0. The second kappa shape index (κ2) is 15.0. The minimum Gasteiger partial charge on any atom is -0.490 e. The molecule has 0 saturated heterocycles. The van der Waals surface area contributed by atoms with Gasteiger partial charge in [0.05, 0.1) is 36.7 Å². The number of nitrogens with zero attached hydrogens (tertiary/aromatic N) is 2. The van der Waals surface area contributed by atoms with Crippen LogP contribution >= 0.6 is 0 Å². The number of sulfonamides is 1. The number of carbonyl (C=O) groups is 2. The summed E-state index contributed by atoms with van der Waals surface area (Å²) in [5, 5.41) is 13.0. The lowest BCUT2D eigenvalue weighted by Gasteiger charge is -2.35. The minimum absolute atomic E-state index is 0.133. The highest BCUT2D eigenvalue weighted by Gasteiger charge is 2.31. The maximum absolute atomic E-state index is 14.1. The molecule has 0 fully saturated rings. The van der Waals surface area contributed by atoms with Gasteiger partial charge in [-0.25, -0.2) is 13.2 Å². The summed E-state index contributed by atoms with van der Waals surface area (Å²) in [6.45, 7) is 6.31. The first-order chi connectivity index (χ1) is 21.3. The quantitative estimate of drug-likeness (QED) is 0.407. The van der Waals surface area contributed by atoms with E-state index in [1.165, 1.54) is 15.9 Å². The number of carbonyl (C=O) groups excluding carboxylic acids is 2. The number of hydrogen-bond acceptors (Lipinski definition) is 9. The zero-order chi connectivity index (χ0) is 32.7. The van der Waals surface area contributed by atoms with Crippen LogP contribution in [-0.2, 0) is 14.8 Å². The van der Waals surface area contributed by atoms with Crippen LogP contribution in [-0.4, -0.2) is 99.9 Å².